The van der Waals surface area contributed by atoms with Gasteiger partial charge in [-0.05, 0) is 73.7 Å². The standard InChI is InChI=1S/C30H36BrN3O4S/c1-21(2)18-32-30(36)24(5)33(19-25-10-9-11-26(31)17-25)29(35)20-34(28-16-22(3)14-15-23(28)4)39(37,38)27-12-7-6-8-13-27/h6-17,21,24H,18-20H2,1-5H3,(H,32,36)/t24-/m1/s1. The Morgan fingerprint density at radius 3 is 2.26 bits per heavy atom. The van der Waals surface area contributed by atoms with E-state index in [1.807, 2.05) is 64.1 Å². The van der Waals surface area contributed by atoms with Gasteiger partial charge in [0, 0.05) is 17.6 Å². The molecule has 3 aromatic carbocycles. The first kappa shape index (κ1) is 30.4. The van der Waals surface area contributed by atoms with Gasteiger partial charge in [0.25, 0.3) is 10.0 Å². The molecule has 0 aliphatic rings. The lowest BCUT2D eigenvalue weighted by Crippen LogP contribution is -2.51. The molecule has 3 aromatic rings. The van der Waals surface area contributed by atoms with Gasteiger partial charge in [0.2, 0.25) is 11.8 Å². The maximum Gasteiger partial charge on any atom is 0.264 e. The Hall–Kier alpha value is -3.17. The number of carbonyl (C=O) groups excluding carboxylic acids is 2. The van der Waals surface area contributed by atoms with Crippen LogP contribution < -0.4 is 9.62 Å². The third-order valence-corrected chi connectivity index (χ3v) is 8.60. The van der Waals surface area contributed by atoms with Crippen LogP contribution in [0.5, 0.6) is 0 Å². The lowest BCUT2D eigenvalue weighted by molar-refractivity contribution is -0.139. The van der Waals surface area contributed by atoms with E-state index >= 15 is 0 Å². The number of carbonyl (C=O) groups is 2. The molecule has 39 heavy (non-hydrogen) atoms. The highest BCUT2D eigenvalue weighted by molar-refractivity contribution is 9.10. The van der Waals surface area contributed by atoms with E-state index in [0.29, 0.717) is 17.8 Å². The fraction of sp³-hybridized carbons (Fsp3) is 0.333. The van der Waals surface area contributed by atoms with Crippen LogP contribution in [-0.4, -0.2) is 44.3 Å². The molecule has 0 saturated heterocycles. The molecule has 9 heteroatoms. The fourth-order valence-corrected chi connectivity index (χ4v) is 6.03. The average molecular weight is 615 g/mol. The predicted octanol–water partition coefficient (Wildman–Crippen LogP) is 5.45. The van der Waals surface area contributed by atoms with Crippen molar-refractivity contribution in [1.82, 2.24) is 10.2 Å². The Bertz CT molecular complexity index is 1410. The number of halogens is 1. The highest BCUT2D eigenvalue weighted by Gasteiger charge is 2.33. The van der Waals surface area contributed by atoms with Crippen molar-refractivity contribution >= 4 is 43.5 Å². The first-order valence-electron chi connectivity index (χ1n) is 12.9. The van der Waals surface area contributed by atoms with Gasteiger partial charge in [-0.3, -0.25) is 13.9 Å². The molecule has 0 heterocycles. The molecule has 0 fully saturated rings. The topological polar surface area (TPSA) is 86.8 Å². The third kappa shape index (κ3) is 7.92. The molecule has 3 rings (SSSR count). The van der Waals surface area contributed by atoms with E-state index in [1.165, 1.54) is 17.0 Å². The number of anilines is 1. The summed E-state index contributed by atoms with van der Waals surface area (Å²) in [5, 5.41) is 2.90. The van der Waals surface area contributed by atoms with Gasteiger partial charge in [-0.1, -0.05) is 72.2 Å². The zero-order valence-electron chi connectivity index (χ0n) is 23.0. The van der Waals surface area contributed by atoms with Gasteiger partial charge in [-0.25, -0.2) is 8.42 Å². The summed E-state index contributed by atoms with van der Waals surface area (Å²) >= 11 is 3.46. The fourth-order valence-electron chi connectivity index (χ4n) is 4.09. The van der Waals surface area contributed by atoms with Crippen molar-refractivity contribution in [3.63, 3.8) is 0 Å². The molecular weight excluding hydrogens is 578 g/mol. The van der Waals surface area contributed by atoms with Crippen molar-refractivity contribution in [2.24, 2.45) is 5.92 Å². The second-order valence-corrected chi connectivity index (χ2v) is 12.9. The van der Waals surface area contributed by atoms with Crippen LogP contribution in [0.2, 0.25) is 0 Å². The molecule has 7 nitrogen and oxygen atoms in total. The number of nitrogens with zero attached hydrogens (tertiary/aromatic N) is 2. The smallest absolute Gasteiger partial charge is 0.264 e. The number of benzene rings is 3. The SMILES string of the molecule is Cc1ccc(C)c(N(CC(=O)N(Cc2cccc(Br)c2)[C@H](C)C(=O)NCC(C)C)S(=O)(=O)c2ccccc2)c1. The Labute approximate surface area is 240 Å². The number of hydrogen-bond donors (Lipinski definition) is 1. The molecule has 0 unspecified atom stereocenters. The Morgan fingerprint density at radius 2 is 1.62 bits per heavy atom. The molecule has 1 atom stereocenters. The quantitative estimate of drug-likeness (QED) is 0.311. The number of hydrogen-bond acceptors (Lipinski definition) is 4. The van der Waals surface area contributed by atoms with Crippen molar-refractivity contribution in [2.45, 2.75) is 52.1 Å². The van der Waals surface area contributed by atoms with E-state index in [1.54, 1.807) is 31.2 Å². The van der Waals surface area contributed by atoms with Crippen molar-refractivity contribution in [2.75, 3.05) is 17.4 Å². The van der Waals surface area contributed by atoms with E-state index in [0.717, 1.165) is 19.9 Å². The summed E-state index contributed by atoms with van der Waals surface area (Å²) in [5.41, 5.74) is 2.81. The molecular formula is C30H36BrN3O4S. The van der Waals surface area contributed by atoms with Crippen LogP contribution in [0.1, 0.15) is 37.5 Å². The van der Waals surface area contributed by atoms with Gasteiger partial charge in [0.05, 0.1) is 10.6 Å². The van der Waals surface area contributed by atoms with E-state index in [4.69, 9.17) is 0 Å². The van der Waals surface area contributed by atoms with Gasteiger partial charge in [-0.2, -0.15) is 0 Å². The summed E-state index contributed by atoms with van der Waals surface area (Å²) < 4.78 is 29.8. The monoisotopic (exact) mass is 613 g/mol. The van der Waals surface area contributed by atoms with Crippen molar-refractivity contribution < 1.29 is 18.0 Å². The second kappa shape index (κ2) is 13.3. The highest BCUT2D eigenvalue weighted by atomic mass is 79.9. The van der Waals surface area contributed by atoms with Crippen LogP contribution in [0.4, 0.5) is 5.69 Å². The predicted molar refractivity (Wildman–Crippen MR) is 159 cm³/mol. The van der Waals surface area contributed by atoms with Gasteiger partial charge in [0.15, 0.2) is 0 Å². The van der Waals surface area contributed by atoms with Crippen molar-refractivity contribution in [3.8, 4) is 0 Å². The summed E-state index contributed by atoms with van der Waals surface area (Å²) in [6.45, 7) is 9.49. The Kier molecular flexibility index (Phi) is 10.3. The molecule has 1 N–H and O–H groups in total. The van der Waals surface area contributed by atoms with Crippen LogP contribution in [0.3, 0.4) is 0 Å². The molecule has 0 aliphatic heterocycles. The largest absolute Gasteiger partial charge is 0.354 e. The van der Waals surface area contributed by atoms with Crippen LogP contribution in [-0.2, 0) is 26.2 Å². The summed E-state index contributed by atoms with van der Waals surface area (Å²) in [7, 11) is -4.09. The zero-order chi connectivity index (χ0) is 28.7. The van der Waals surface area contributed by atoms with E-state index in [2.05, 4.69) is 21.2 Å². The maximum absolute atomic E-state index is 14.0. The molecule has 0 radical (unpaired) electrons. The summed E-state index contributed by atoms with van der Waals surface area (Å²) in [6, 6.07) is 20.2. The first-order valence-corrected chi connectivity index (χ1v) is 15.1. The van der Waals surface area contributed by atoms with E-state index < -0.39 is 28.5 Å². The number of nitrogens with one attached hydrogen (secondary N) is 1. The minimum atomic E-state index is -4.09. The number of rotatable bonds is 11. The lowest BCUT2D eigenvalue weighted by Gasteiger charge is -2.32. The van der Waals surface area contributed by atoms with Crippen molar-refractivity contribution in [3.05, 3.63) is 94.0 Å². The maximum atomic E-state index is 14.0. The Morgan fingerprint density at radius 1 is 0.923 bits per heavy atom. The molecule has 0 spiro atoms. The molecule has 0 aromatic heterocycles. The first-order chi connectivity index (χ1) is 18.4. The number of amides is 2. The van der Waals surface area contributed by atoms with Gasteiger partial charge in [0.1, 0.15) is 12.6 Å². The summed E-state index contributed by atoms with van der Waals surface area (Å²) in [6.07, 6.45) is 0. The van der Waals surface area contributed by atoms with Crippen LogP contribution >= 0.6 is 15.9 Å². The van der Waals surface area contributed by atoms with Gasteiger partial charge >= 0.3 is 0 Å². The van der Waals surface area contributed by atoms with Gasteiger partial charge in [-0.15, -0.1) is 0 Å². The lowest BCUT2D eigenvalue weighted by atomic mass is 10.1. The molecule has 2 amide bonds. The van der Waals surface area contributed by atoms with E-state index in [9.17, 15) is 18.0 Å². The van der Waals surface area contributed by atoms with Crippen molar-refractivity contribution in [1.29, 1.82) is 0 Å². The third-order valence-electron chi connectivity index (χ3n) is 6.34. The minimum absolute atomic E-state index is 0.0833. The molecule has 208 valence electrons. The molecule has 0 bridgehead atoms. The van der Waals surface area contributed by atoms with Gasteiger partial charge < -0.3 is 10.2 Å². The minimum Gasteiger partial charge on any atom is -0.354 e. The number of aryl methyl sites for hydroxylation is 2. The number of sulfonamides is 1. The second-order valence-electron chi connectivity index (χ2n) is 10.1. The summed E-state index contributed by atoms with van der Waals surface area (Å²) in [4.78, 5) is 28.6. The van der Waals surface area contributed by atoms with Crippen LogP contribution in [0.15, 0.2) is 82.2 Å². The zero-order valence-corrected chi connectivity index (χ0v) is 25.4. The van der Waals surface area contributed by atoms with E-state index in [-0.39, 0.29) is 23.3 Å². The van der Waals surface area contributed by atoms with Crippen LogP contribution in [0, 0.1) is 19.8 Å². The van der Waals surface area contributed by atoms with Crippen LogP contribution in [0.25, 0.3) is 0 Å². The Balaban J connectivity index is 2.04. The molecule has 0 saturated carbocycles. The summed E-state index contributed by atoms with van der Waals surface area (Å²) in [5.74, 6) is -0.537. The highest BCUT2D eigenvalue weighted by Crippen LogP contribution is 2.28. The normalized spacial score (nSPS) is 12.2. The molecule has 0 aliphatic carbocycles. The average Bonchev–Trinajstić information content (AvgIpc) is 2.90.